The van der Waals surface area contributed by atoms with Crippen LogP contribution in [0.3, 0.4) is 0 Å². The first-order valence-corrected chi connectivity index (χ1v) is 10.8. The van der Waals surface area contributed by atoms with Crippen molar-refractivity contribution in [3.8, 4) is 5.75 Å². The molecule has 0 bridgehead atoms. The zero-order valence-electron chi connectivity index (χ0n) is 16.1. The number of amides is 2. The molecule has 0 saturated heterocycles. The molecule has 0 aliphatic heterocycles. The molecule has 1 saturated carbocycles. The monoisotopic (exact) mass is 408 g/mol. The number of benzene rings is 2. The van der Waals surface area contributed by atoms with Crippen molar-refractivity contribution < 1.29 is 9.53 Å². The van der Waals surface area contributed by atoms with Gasteiger partial charge in [-0.2, -0.15) is 0 Å². The highest BCUT2D eigenvalue weighted by Crippen LogP contribution is 2.33. The number of nitrogens with zero attached hydrogens (tertiary/aromatic N) is 2. The quantitative estimate of drug-likeness (QED) is 0.540. The lowest BCUT2D eigenvalue weighted by atomic mass is 9.84. The second-order valence-electron chi connectivity index (χ2n) is 7.14. The topological polar surface area (TPSA) is 76.1 Å². The fraction of sp³-hybridized carbons (Fsp3) is 0.318. The Morgan fingerprint density at radius 2 is 1.72 bits per heavy atom. The van der Waals surface area contributed by atoms with E-state index in [1.807, 2.05) is 42.5 Å². The molecule has 150 valence electrons. The first kappa shape index (κ1) is 19.4. The Morgan fingerprint density at radius 1 is 0.966 bits per heavy atom. The molecule has 1 aliphatic carbocycles. The van der Waals surface area contributed by atoms with Crippen LogP contribution in [0.4, 0.5) is 15.6 Å². The molecule has 1 heterocycles. The molecule has 4 rings (SSSR count). The van der Waals surface area contributed by atoms with Crippen molar-refractivity contribution in [1.82, 2.24) is 10.2 Å². The Hall–Kier alpha value is -2.93. The molecule has 2 aromatic carbocycles. The molecule has 7 heteroatoms. The van der Waals surface area contributed by atoms with E-state index in [0.717, 1.165) is 11.4 Å². The third kappa shape index (κ3) is 5.54. The number of nitrogens with one attached hydrogen (secondary N) is 2. The maximum atomic E-state index is 12.0. The Morgan fingerprint density at radius 3 is 2.48 bits per heavy atom. The molecule has 0 spiro atoms. The Labute approximate surface area is 174 Å². The Bertz CT molecular complexity index is 922. The van der Waals surface area contributed by atoms with Crippen LogP contribution in [-0.4, -0.2) is 16.2 Å². The fourth-order valence-corrected chi connectivity index (χ4v) is 4.21. The van der Waals surface area contributed by atoms with E-state index >= 15 is 0 Å². The summed E-state index contributed by atoms with van der Waals surface area (Å²) in [5, 5.41) is 14.7. The van der Waals surface area contributed by atoms with Crippen molar-refractivity contribution >= 4 is 28.2 Å². The molecule has 29 heavy (non-hydrogen) atoms. The number of aromatic nitrogens is 2. The molecule has 0 unspecified atom stereocenters. The number of para-hydroxylation sites is 1. The van der Waals surface area contributed by atoms with Crippen LogP contribution in [0.25, 0.3) is 0 Å². The summed E-state index contributed by atoms with van der Waals surface area (Å²) in [4.78, 5) is 12.0. The van der Waals surface area contributed by atoms with Gasteiger partial charge in [-0.1, -0.05) is 60.9 Å². The third-order valence-electron chi connectivity index (χ3n) is 5.04. The van der Waals surface area contributed by atoms with E-state index in [1.54, 1.807) is 0 Å². The largest absolute Gasteiger partial charge is 0.486 e. The summed E-state index contributed by atoms with van der Waals surface area (Å²) in [5.74, 6) is 1.51. The molecular formula is C22H24N4O2S. The van der Waals surface area contributed by atoms with E-state index in [1.165, 1.54) is 49.0 Å². The van der Waals surface area contributed by atoms with E-state index in [0.29, 0.717) is 22.7 Å². The molecule has 1 fully saturated rings. The molecule has 3 aromatic rings. The van der Waals surface area contributed by atoms with Crippen LogP contribution in [0.5, 0.6) is 5.75 Å². The van der Waals surface area contributed by atoms with Crippen LogP contribution in [0.15, 0.2) is 54.6 Å². The smallest absolute Gasteiger partial charge is 0.325 e. The zero-order valence-corrected chi connectivity index (χ0v) is 17.0. The van der Waals surface area contributed by atoms with Crippen LogP contribution in [0.2, 0.25) is 0 Å². The van der Waals surface area contributed by atoms with Crippen molar-refractivity contribution in [2.24, 2.45) is 0 Å². The second-order valence-corrected chi connectivity index (χ2v) is 8.20. The summed E-state index contributed by atoms with van der Waals surface area (Å²) < 4.78 is 5.83. The Balaban J connectivity index is 1.26. The first-order chi connectivity index (χ1) is 14.3. The average Bonchev–Trinajstić information content (AvgIpc) is 3.21. The third-order valence-corrected chi connectivity index (χ3v) is 5.85. The van der Waals surface area contributed by atoms with Gasteiger partial charge in [-0.05, 0) is 48.6 Å². The summed E-state index contributed by atoms with van der Waals surface area (Å²) in [5.41, 5.74) is 2.12. The second kappa shape index (κ2) is 9.52. The molecular weight excluding hydrogens is 384 g/mol. The predicted molar refractivity (Wildman–Crippen MR) is 116 cm³/mol. The number of hydrogen-bond donors (Lipinski definition) is 2. The van der Waals surface area contributed by atoms with E-state index in [9.17, 15) is 4.79 Å². The average molecular weight is 409 g/mol. The van der Waals surface area contributed by atoms with Crippen molar-refractivity contribution in [3.05, 3.63) is 65.2 Å². The van der Waals surface area contributed by atoms with Gasteiger partial charge >= 0.3 is 6.03 Å². The highest BCUT2D eigenvalue weighted by molar-refractivity contribution is 7.15. The molecule has 1 aliphatic rings. The van der Waals surface area contributed by atoms with Crippen molar-refractivity contribution in [3.63, 3.8) is 0 Å². The number of ether oxygens (including phenoxy) is 1. The van der Waals surface area contributed by atoms with E-state index in [-0.39, 0.29) is 6.03 Å². The maximum absolute atomic E-state index is 12.0. The molecule has 2 N–H and O–H groups in total. The van der Waals surface area contributed by atoms with E-state index in [2.05, 4.69) is 33.0 Å². The molecule has 0 atom stereocenters. The van der Waals surface area contributed by atoms with Gasteiger partial charge in [-0.25, -0.2) is 4.79 Å². The van der Waals surface area contributed by atoms with Gasteiger partial charge in [0.25, 0.3) is 0 Å². The summed E-state index contributed by atoms with van der Waals surface area (Å²) in [6, 6.07) is 17.3. The first-order valence-electron chi connectivity index (χ1n) is 9.94. The van der Waals surface area contributed by atoms with Gasteiger partial charge in [0.05, 0.1) is 0 Å². The lowest BCUT2D eigenvalue weighted by Gasteiger charge is -2.22. The molecule has 0 radical (unpaired) electrons. The number of hydrogen-bond acceptors (Lipinski definition) is 5. The number of carbonyl (C=O) groups excluding carboxylic acids is 1. The van der Waals surface area contributed by atoms with Gasteiger partial charge < -0.3 is 10.1 Å². The number of urea groups is 1. The summed E-state index contributed by atoms with van der Waals surface area (Å²) in [7, 11) is 0. The van der Waals surface area contributed by atoms with Crippen LogP contribution in [-0.2, 0) is 6.61 Å². The standard InChI is InChI=1S/C22H24N4O2S/c27-21(23-18-9-5-2-6-10-18)24-22-26-25-20(29-22)15-28-19-13-11-17(12-14-19)16-7-3-1-4-8-16/h2,5-6,9-14,16H,1,3-4,7-8,15H2,(H2,23,24,26,27). The van der Waals surface area contributed by atoms with Gasteiger partial charge in [0.2, 0.25) is 5.13 Å². The van der Waals surface area contributed by atoms with Gasteiger partial charge in [0.15, 0.2) is 5.01 Å². The normalized spacial score (nSPS) is 14.3. The van der Waals surface area contributed by atoms with Crippen LogP contribution < -0.4 is 15.4 Å². The van der Waals surface area contributed by atoms with Crippen molar-refractivity contribution in [2.45, 2.75) is 44.6 Å². The minimum absolute atomic E-state index is 0.322. The van der Waals surface area contributed by atoms with Gasteiger partial charge in [0.1, 0.15) is 12.4 Å². The fourth-order valence-electron chi connectivity index (χ4n) is 3.56. The summed E-state index contributed by atoms with van der Waals surface area (Å²) in [6.45, 7) is 0.322. The highest BCUT2D eigenvalue weighted by Gasteiger charge is 2.15. The van der Waals surface area contributed by atoms with Crippen LogP contribution in [0.1, 0.15) is 48.6 Å². The lowest BCUT2D eigenvalue weighted by Crippen LogP contribution is -2.19. The minimum Gasteiger partial charge on any atom is -0.486 e. The van der Waals surface area contributed by atoms with Crippen molar-refractivity contribution in [2.75, 3.05) is 10.6 Å². The summed E-state index contributed by atoms with van der Waals surface area (Å²) >= 11 is 1.30. The molecule has 1 aromatic heterocycles. The summed E-state index contributed by atoms with van der Waals surface area (Å²) in [6.07, 6.45) is 6.61. The predicted octanol–water partition coefficient (Wildman–Crippen LogP) is 5.81. The zero-order chi connectivity index (χ0) is 19.9. The lowest BCUT2D eigenvalue weighted by molar-refractivity contribution is 0.262. The van der Waals surface area contributed by atoms with Gasteiger partial charge in [-0.3, -0.25) is 5.32 Å². The number of anilines is 2. The number of carbonyl (C=O) groups is 1. The van der Waals surface area contributed by atoms with E-state index in [4.69, 9.17) is 4.74 Å². The van der Waals surface area contributed by atoms with E-state index < -0.39 is 0 Å². The Kier molecular flexibility index (Phi) is 6.36. The van der Waals surface area contributed by atoms with Crippen LogP contribution in [0, 0.1) is 0 Å². The number of rotatable bonds is 6. The maximum Gasteiger partial charge on any atom is 0.325 e. The van der Waals surface area contributed by atoms with Crippen LogP contribution >= 0.6 is 11.3 Å². The highest BCUT2D eigenvalue weighted by atomic mass is 32.1. The minimum atomic E-state index is -0.349. The SMILES string of the molecule is O=C(Nc1ccccc1)Nc1nnc(COc2ccc(C3CCCCC3)cc2)s1. The van der Waals surface area contributed by atoms with Gasteiger partial charge in [-0.15, -0.1) is 10.2 Å². The molecule has 6 nitrogen and oxygen atoms in total. The van der Waals surface area contributed by atoms with Crippen molar-refractivity contribution in [1.29, 1.82) is 0 Å². The molecule has 2 amide bonds. The van der Waals surface area contributed by atoms with Gasteiger partial charge in [0, 0.05) is 5.69 Å².